The zero-order valence-corrected chi connectivity index (χ0v) is 13.0. The Morgan fingerprint density at radius 3 is 2.95 bits per heavy atom. The second-order valence-corrected chi connectivity index (χ2v) is 5.63. The molecule has 0 aromatic carbocycles. The van der Waals surface area contributed by atoms with Gasteiger partial charge in [-0.15, -0.1) is 11.3 Å². The SMILES string of the molecule is CCC(C)N(CCOC)c1nc(Cl)nc2sccc12. The Bertz CT molecular complexity index is 546. The molecule has 0 bridgehead atoms. The summed E-state index contributed by atoms with van der Waals surface area (Å²) < 4.78 is 5.20. The highest BCUT2D eigenvalue weighted by molar-refractivity contribution is 7.16. The standard InChI is InChI=1S/C13H18ClN3OS/c1-4-9(2)17(6-7-18-3)11-10-5-8-19-12(10)16-13(14)15-11/h5,8-9H,4,6-7H2,1-3H3. The molecule has 1 atom stereocenters. The van der Waals surface area contributed by atoms with E-state index in [4.69, 9.17) is 16.3 Å². The summed E-state index contributed by atoms with van der Waals surface area (Å²) in [4.78, 5) is 11.9. The van der Waals surface area contributed by atoms with Crippen molar-refractivity contribution in [3.8, 4) is 0 Å². The van der Waals surface area contributed by atoms with Crippen molar-refractivity contribution in [3.63, 3.8) is 0 Å². The summed E-state index contributed by atoms with van der Waals surface area (Å²) >= 11 is 7.62. The number of rotatable bonds is 6. The van der Waals surface area contributed by atoms with Crippen LogP contribution in [0.4, 0.5) is 5.82 Å². The zero-order chi connectivity index (χ0) is 13.8. The molecule has 6 heteroatoms. The first-order valence-corrected chi connectivity index (χ1v) is 7.59. The molecule has 0 amide bonds. The summed E-state index contributed by atoms with van der Waals surface area (Å²) in [5.74, 6) is 0.905. The van der Waals surface area contributed by atoms with Crippen LogP contribution in [0.15, 0.2) is 11.4 Å². The van der Waals surface area contributed by atoms with Gasteiger partial charge in [0.25, 0.3) is 0 Å². The Balaban J connectivity index is 2.44. The van der Waals surface area contributed by atoms with Gasteiger partial charge in [0.05, 0.1) is 12.0 Å². The number of ether oxygens (including phenoxy) is 1. The van der Waals surface area contributed by atoms with Crippen molar-refractivity contribution < 1.29 is 4.74 Å². The maximum Gasteiger partial charge on any atom is 0.225 e. The van der Waals surface area contributed by atoms with Crippen molar-refractivity contribution >= 4 is 39.0 Å². The highest BCUT2D eigenvalue weighted by atomic mass is 35.5. The third-order valence-corrected chi connectivity index (χ3v) is 4.18. The molecule has 104 valence electrons. The highest BCUT2D eigenvalue weighted by Crippen LogP contribution is 2.30. The molecule has 0 aliphatic rings. The maximum atomic E-state index is 6.03. The number of hydrogen-bond donors (Lipinski definition) is 0. The summed E-state index contributed by atoms with van der Waals surface area (Å²) in [6.45, 7) is 5.81. The van der Waals surface area contributed by atoms with Gasteiger partial charge in [0, 0.05) is 19.7 Å². The number of hydrogen-bond acceptors (Lipinski definition) is 5. The quantitative estimate of drug-likeness (QED) is 0.764. The van der Waals surface area contributed by atoms with Gasteiger partial charge in [-0.3, -0.25) is 0 Å². The summed E-state index contributed by atoms with van der Waals surface area (Å²) in [5.41, 5.74) is 0. The number of fused-ring (bicyclic) bond motifs is 1. The Morgan fingerprint density at radius 1 is 1.47 bits per heavy atom. The lowest BCUT2D eigenvalue weighted by Crippen LogP contribution is -2.36. The first kappa shape index (κ1) is 14.5. The maximum absolute atomic E-state index is 6.03. The van der Waals surface area contributed by atoms with Gasteiger partial charge < -0.3 is 9.64 Å². The number of aromatic nitrogens is 2. The van der Waals surface area contributed by atoms with Crippen LogP contribution in [0.2, 0.25) is 5.28 Å². The number of halogens is 1. The van der Waals surface area contributed by atoms with E-state index in [9.17, 15) is 0 Å². The average Bonchev–Trinajstić information content (AvgIpc) is 2.86. The van der Waals surface area contributed by atoms with Crippen LogP contribution in [-0.2, 0) is 4.74 Å². The molecule has 0 radical (unpaired) electrons. The topological polar surface area (TPSA) is 38.2 Å². The van der Waals surface area contributed by atoms with Gasteiger partial charge in [0.15, 0.2) is 0 Å². The Morgan fingerprint density at radius 2 is 2.26 bits per heavy atom. The minimum atomic E-state index is 0.302. The van der Waals surface area contributed by atoms with E-state index in [1.807, 2.05) is 11.4 Å². The van der Waals surface area contributed by atoms with E-state index < -0.39 is 0 Å². The molecule has 19 heavy (non-hydrogen) atoms. The first-order chi connectivity index (χ1) is 9.17. The monoisotopic (exact) mass is 299 g/mol. The fourth-order valence-electron chi connectivity index (χ4n) is 1.98. The zero-order valence-electron chi connectivity index (χ0n) is 11.4. The third-order valence-electron chi connectivity index (χ3n) is 3.21. The van der Waals surface area contributed by atoms with Crippen LogP contribution in [-0.4, -0.2) is 36.3 Å². The molecule has 1 unspecified atom stereocenters. The minimum Gasteiger partial charge on any atom is -0.383 e. The average molecular weight is 300 g/mol. The van der Waals surface area contributed by atoms with Crippen LogP contribution >= 0.6 is 22.9 Å². The second-order valence-electron chi connectivity index (χ2n) is 4.40. The van der Waals surface area contributed by atoms with Gasteiger partial charge in [0.2, 0.25) is 5.28 Å². The smallest absolute Gasteiger partial charge is 0.225 e. The van der Waals surface area contributed by atoms with E-state index in [-0.39, 0.29) is 0 Å². The number of anilines is 1. The molecule has 0 N–H and O–H groups in total. The molecule has 4 nitrogen and oxygen atoms in total. The molecule has 0 spiro atoms. The second kappa shape index (κ2) is 6.50. The first-order valence-electron chi connectivity index (χ1n) is 6.33. The van der Waals surface area contributed by atoms with E-state index >= 15 is 0 Å². The van der Waals surface area contributed by atoms with Gasteiger partial charge in [-0.05, 0) is 36.4 Å². The summed E-state index contributed by atoms with van der Waals surface area (Å²) in [7, 11) is 1.71. The van der Waals surface area contributed by atoms with Crippen LogP contribution in [0.25, 0.3) is 10.2 Å². The van der Waals surface area contributed by atoms with E-state index in [0.717, 1.165) is 29.0 Å². The molecule has 0 fully saturated rings. The number of methoxy groups -OCH3 is 1. The molecule has 0 aliphatic carbocycles. The molecular formula is C13H18ClN3OS. The molecule has 2 heterocycles. The van der Waals surface area contributed by atoms with Crippen LogP contribution in [0.3, 0.4) is 0 Å². The highest BCUT2D eigenvalue weighted by Gasteiger charge is 2.18. The lowest BCUT2D eigenvalue weighted by Gasteiger charge is -2.30. The summed E-state index contributed by atoms with van der Waals surface area (Å²) in [6, 6.07) is 2.43. The molecular weight excluding hydrogens is 282 g/mol. The van der Waals surface area contributed by atoms with Crippen LogP contribution in [0.5, 0.6) is 0 Å². The molecule has 0 saturated carbocycles. The van der Waals surface area contributed by atoms with E-state index in [1.165, 1.54) is 0 Å². The normalized spacial score (nSPS) is 12.8. The van der Waals surface area contributed by atoms with E-state index in [2.05, 4.69) is 28.7 Å². The molecule has 0 aliphatic heterocycles. The van der Waals surface area contributed by atoms with Crippen molar-refractivity contribution in [2.24, 2.45) is 0 Å². The van der Waals surface area contributed by atoms with Crippen LogP contribution < -0.4 is 4.90 Å². The fourth-order valence-corrected chi connectivity index (χ4v) is 2.95. The van der Waals surface area contributed by atoms with Crippen LogP contribution in [0, 0.1) is 0 Å². The van der Waals surface area contributed by atoms with E-state index in [1.54, 1.807) is 18.4 Å². The molecule has 2 aromatic rings. The van der Waals surface area contributed by atoms with Crippen LogP contribution in [0.1, 0.15) is 20.3 Å². The third kappa shape index (κ3) is 3.16. The largest absolute Gasteiger partial charge is 0.383 e. The summed E-state index contributed by atoms with van der Waals surface area (Å²) in [6.07, 6.45) is 1.04. The molecule has 0 saturated heterocycles. The van der Waals surface area contributed by atoms with Gasteiger partial charge in [0.1, 0.15) is 10.6 Å². The lowest BCUT2D eigenvalue weighted by atomic mass is 10.2. The van der Waals surface area contributed by atoms with Crippen molar-refractivity contribution in [2.75, 3.05) is 25.2 Å². The van der Waals surface area contributed by atoms with Gasteiger partial charge in [-0.25, -0.2) is 4.98 Å². The summed E-state index contributed by atoms with van der Waals surface area (Å²) in [5, 5.41) is 3.38. The lowest BCUT2D eigenvalue weighted by molar-refractivity contribution is 0.203. The predicted molar refractivity (Wildman–Crippen MR) is 81.4 cm³/mol. The molecule has 2 rings (SSSR count). The van der Waals surface area contributed by atoms with E-state index in [0.29, 0.717) is 17.9 Å². The minimum absolute atomic E-state index is 0.302. The van der Waals surface area contributed by atoms with Gasteiger partial charge >= 0.3 is 0 Å². The van der Waals surface area contributed by atoms with Crippen molar-refractivity contribution in [2.45, 2.75) is 26.3 Å². The van der Waals surface area contributed by atoms with Gasteiger partial charge in [-0.2, -0.15) is 4.98 Å². The number of thiophene rings is 1. The Labute approximate surface area is 122 Å². The van der Waals surface area contributed by atoms with Crippen molar-refractivity contribution in [3.05, 3.63) is 16.7 Å². The van der Waals surface area contributed by atoms with Crippen molar-refractivity contribution in [1.82, 2.24) is 9.97 Å². The Hall–Kier alpha value is -0.910. The fraction of sp³-hybridized carbons (Fsp3) is 0.538. The van der Waals surface area contributed by atoms with Gasteiger partial charge in [-0.1, -0.05) is 6.92 Å². The number of nitrogens with zero attached hydrogens (tertiary/aromatic N) is 3. The van der Waals surface area contributed by atoms with Crippen molar-refractivity contribution in [1.29, 1.82) is 0 Å². The Kier molecular flexibility index (Phi) is 4.96. The predicted octanol–water partition coefficient (Wildman–Crippen LogP) is 3.60. The molecule has 2 aromatic heterocycles.